The number of benzene rings is 7. The fourth-order valence-corrected chi connectivity index (χ4v) is 8.51. The van der Waals surface area contributed by atoms with Crippen LogP contribution in [0.2, 0.25) is 0 Å². The highest BCUT2D eigenvalue weighted by atomic mass is 16.6. The Morgan fingerprint density at radius 3 is 0.908 bits per heavy atom. The number of carbonyl (C=O) groups is 7. The Labute approximate surface area is 618 Å². The van der Waals surface area contributed by atoms with Crippen molar-refractivity contribution in [3.63, 3.8) is 0 Å². The van der Waals surface area contributed by atoms with Gasteiger partial charge in [0.2, 0.25) is 23.0 Å². The van der Waals surface area contributed by atoms with Gasteiger partial charge in [-0.25, -0.2) is 4.79 Å². The summed E-state index contributed by atoms with van der Waals surface area (Å²) in [6.45, 7) is 6.45. The van der Waals surface area contributed by atoms with Crippen LogP contribution in [0.15, 0.2) is 97.1 Å². The molecule has 0 aromatic heterocycles. The monoisotopic (exact) mass is 1510 g/mol. The van der Waals surface area contributed by atoms with Crippen molar-refractivity contribution in [3.05, 3.63) is 236 Å². The lowest BCUT2D eigenvalue weighted by molar-refractivity contribution is -0.386. The van der Waals surface area contributed by atoms with Gasteiger partial charge in [-0.05, 0) is 87.4 Å². The molecule has 0 unspecified atom stereocenters. The van der Waals surface area contributed by atoms with Crippen molar-refractivity contribution >= 4 is 81.2 Å². The first-order valence-electron chi connectivity index (χ1n) is 30.2. The van der Waals surface area contributed by atoms with Crippen molar-refractivity contribution in [1.82, 2.24) is 29.4 Å². The smallest absolute Gasteiger partial charge is 0.339 e. The second-order valence-corrected chi connectivity index (χ2v) is 23.4. The molecule has 0 bridgehead atoms. The third kappa shape index (κ3) is 24.9. The number of hydrogen-bond donors (Lipinski definition) is 7. The van der Waals surface area contributed by atoms with Crippen LogP contribution in [0.5, 0.6) is 28.7 Å². The lowest BCUT2D eigenvalue weighted by atomic mass is 10.0. The standard InChI is InChI=1S/C11H11N3O3.C11H14N2O3.C10H9N3O4.C10H11N3O2.C10H12N2O4.C9H10N2O4.C7H5NO5/c1-7-9(11(15)13(2)3)4-8(6-12)5-10(7)14(16)17;1-7-5-9(11(14)12(3)4)8(2)10(6-7)13(15)16;1-12(2)10(15)7-3-6(5-11)4-8(9(7)14)13(16)17;1-13(2)10(15)7-3-6(5-11)4-8(12)9(7)14;1-6-4-7(10(14)11(2)3)9(13)8(5-6)12(15)16;1-10(2)9(13)6-4-3-5-7(8(6)12)11(14)15;9-6-4(7(10)11)2-1-3-5(6)8(12)13/h4-5H,1-3H3;5-6H,1-4H3;3-4,14H,1-2H3;3-4,14H,12H2,1-2H3;4-5,13H,1-3H3;3-5,12H,1-2H3;1-3,9H,(H,10,11). The number of rotatable bonds is 13. The molecule has 0 fully saturated rings. The van der Waals surface area contributed by atoms with Gasteiger partial charge < -0.3 is 65.8 Å². The van der Waals surface area contributed by atoms with Crippen molar-refractivity contribution in [1.29, 1.82) is 15.8 Å². The van der Waals surface area contributed by atoms with Gasteiger partial charge >= 0.3 is 28.7 Å². The molecule has 41 heteroatoms. The minimum absolute atomic E-state index is 0.00907. The van der Waals surface area contributed by atoms with Crippen molar-refractivity contribution in [2.45, 2.75) is 27.7 Å². The van der Waals surface area contributed by atoms with Crippen LogP contribution >= 0.6 is 0 Å². The summed E-state index contributed by atoms with van der Waals surface area (Å²) >= 11 is 0. The Bertz CT molecular complexity index is 4680. The number of para-hydroxylation sites is 2. The zero-order valence-electron chi connectivity index (χ0n) is 61.0. The predicted octanol–water partition coefficient (Wildman–Crippen LogP) is 8.12. The first kappa shape index (κ1) is 91.5. The number of nitrogens with two attached hydrogens (primary N) is 1. The molecule has 0 aliphatic heterocycles. The lowest BCUT2D eigenvalue weighted by Gasteiger charge is -2.13. The number of anilines is 1. The number of carboxylic acid groups (broad SMARTS) is 1. The first-order valence-corrected chi connectivity index (χ1v) is 30.2. The summed E-state index contributed by atoms with van der Waals surface area (Å²) in [5.74, 6) is -6.94. The number of nitrogens with zero attached hydrogens (tertiary/aromatic N) is 15. The Hall–Kier alpha value is -15.5. The summed E-state index contributed by atoms with van der Waals surface area (Å²) in [6.07, 6.45) is 0. The maximum Gasteiger partial charge on any atom is 0.339 e. The molecule has 0 aliphatic rings. The molecule has 109 heavy (non-hydrogen) atoms. The van der Waals surface area contributed by atoms with E-state index in [1.807, 2.05) is 12.1 Å². The van der Waals surface area contributed by atoms with Crippen LogP contribution in [0.1, 0.15) is 111 Å². The molecule has 0 heterocycles. The summed E-state index contributed by atoms with van der Waals surface area (Å²) in [5.41, 5.74) is 5.04. The molecule has 7 rings (SSSR count). The molecule has 0 spiro atoms. The zero-order valence-corrected chi connectivity index (χ0v) is 61.0. The molecule has 0 radical (unpaired) electrons. The normalized spacial score (nSPS) is 9.66. The molecule has 0 atom stereocenters. The van der Waals surface area contributed by atoms with Gasteiger partial charge in [-0.2, -0.15) is 15.8 Å². The van der Waals surface area contributed by atoms with Crippen LogP contribution < -0.4 is 5.73 Å². The van der Waals surface area contributed by atoms with Crippen LogP contribution in [-0.4, -0.2) is 216 Å². The fourth-order valence-electron chi connectivity index (χ4n) is 8.51. The maximum atomic E-state index is 11.8. The Kier molecular flexibility index (Phi) is 33.9. The maximum absolute atomic E-state index is 11.8. The van der Waals surface area contributed by atoms with Gasteiger partial charge in [-0.1, -0.05) is 12.1 Å². The van der Waals surface area contributed by atoms with Gasteiger partial charge in [0.1, 0.15) is 5.56 Å². The summed E-state index contributed by atoms with van der Waals surface area (Å²) in [5, 5.41) is 146. The van der Waals surface area contributed by atoms with Gasteiger partial charge in [0.25, 0.3) is 46.8 Å². The number of carboxylic acids is 1. The summed E-state index contributed by atoms with van der Waals surface area (Å²) < 4.78 is 0. The predicted molar refractivity (Wildman–Crippen MR) is 386 cm³/mol. The molecule has 8 N–H and O–H groups in total. The van der Waals surface area contributed by atoms with Crippen LogP contribution in [0, 0.1) is 122 Å². The van der Waals surface area contributed by atoms with E-state index in [4.69, 9.17) is 31.7 Å². The molecule has 0 saturated heterocycles. The molecule has 0 aliphatic carbocycles. The number of amides is 6. The van der Waals surface area contributed by atoms with Gasteiger partial charge in [0.05, 0.1) is 97.9 Å². The van der Waals surface area contributed by atoms with E-state index < -0.39 is 110 Å². The molecule has 7 aromatic rings. The van der Waals surface area contributed by atoms with Crippen molar-refractivity contribution in [2.75, 3.05) is 90.3 Å². The summed E-state index contributed by atoms with van der Waals surface area (Å²) in [7, 11) is 18.3. The number of aromatic hydroxyl groups is 5. The van der Waals surface area contributed by atoms with Gasteiger partial charge in [0.15, 0.2) is 5.75 Å². The number of phenolic OH excluding ortho intramolecular Hbond substituents is 4. The number of nitriles is 3. The fraction of sp³-hybridized carbons (Fsp3) is 0.235. The lowest BCUT2D eigenvalue weighted by Crippen LogP contribution is -2.23. The molecule has 7 aromatic carbocycles. The molecule has 574 valence electrons. The molecular formula is C68H72N16O25. The minimum Gasteiger partial charge on any atom is -0.505 e. The van der Waals surface area contributed by atoms with E-state index >= 15 is 0 Å². The zero-order chi connectivity index (χ0) is 84.4. The number of phenols is 5. The number of nitro groups is 6. The van der Waals surface area contributed by atoms with E-state index in [1.54, 1.807) is 75.2 Å². The van der Waals surface area contributed by atoms with Crippen LogP contribution in [0.3, 0.4) is 0 Å². The average molecular weight is 1510 g/mol. The molecule has 0 saturated carbocycles. The SMILES string of the molecule is CN(C)C(=O)c1cc(C#N)cc(N)c1O.CN(C)C(=O)c1cc(C#N)cc([N+](=O)[O-])c1O.CN(C)C(=O)c1cccc([N+](=O)[O-])c1O.Cc1c(C(=O)N(C)C)cc(C#N)cc1[N+](=O)[O-].Cc1cc(C(=O)N(C)C)c(C)c([N+](=O)[O-])c1.Cc1cc(C(=O)N(C)C)c(O)c([N+](=O)[O-])c1.O=C(O)c1cccc([N+](=O)[O-])c1O. The van der Waals surface area contributed by atoms with E-state index in [1.165, 1.54) is 134 Å². The number of hydrogen-bond acceptors (Lipinski definition) is 28. The topological polar surface area (TPSA) is 617 Å². The third-order valence-electron chi connectivity index (χ3n) is 14.0. The average Bonchev–Trinajstić information content (AvgIpc) is 0.825. The Morgan fingerprint density at radius 1 is 0.330 bits per heavy atom. The van der Waals surface area contributed by atoms with E-state index in [2.05, 4.69) is 0 Å². The Balaban J connectivity index is 0.000000637. The van der Waals surface area contributed by atoms with E-state index in [-0.39, 0.29) is 84.7 Å². The molecular weight excluding hydrogens is 1440 g/mol. The molecule has 41 nitrogen and oxygen atoms in total. The van der Waals surface area contributed by atoms with Crippen LogP contribution in [0.25, 0.3) is 0 Å². The van der Waals surface area contributed by atoms with Crippen molar-refractivity contribution in [3.8, 4) is 47.0 Å². The van der Waals surface area contributed by atoms with E-state index in [9.17, 15) is 115 Å². The van der Waals surface area contributed by atoms with Crippen molar-refractivity contribution < 1.29 is 93.7 Å². The van der Waals surface area contributed by atoms with Gasteiger partial charge in [-0.15, -0.1) is 0 Å². The first-order chi connectivity index (χ1) is 50.4. The van der Waals surface area contributed by atoms with E-state index in [0.29, 0.717) is 22.3 Å². The number of aromatic carboxylic acids is 1. The highest BCUT2D eigenvalue weighted by molar-refractivity contribution is 6.01. The largest absolute Gasteiger partial charge is 0.505 e. The molecule has 6 amide bonds. The summed E-state index contributed by atoms with van der Waals surface area (Å²) in [6, 6.07) is 25.5. The quantitative estimate of drug-likeness (QED) is 0.0248. The van der Waals surface area contributed by atoms with E-state index in [0.717, 1.165) is 35.2 Å². The number of aryl methyl sites for hydroxylation is 2. The van der Waals surface area contributed by atoms with Crippen LogP contribution in [0.4, 0.5) is 39.8 Å². The van der Waals surface area contributed by atoms with Gasteiger partial charge in [0, 0.05) is 138 Å². The highest BCUT2D eigenvalue weighted by Gasteiger charge is 2.28. The van der Waals surface area contributed by atoms with Crippen molar-refractivity contribution in [2.24, 2.45) is 0 Å². The summed E-state index contributed by atoms with van der Waals surface area (Å²) in [4.78, 5) is 147. The van der Waals surface area contributed by atoms with Crippen LogP contribution in [-0.2, 0) is 0 Å². The number of carbonyl (C=O) groups excluding carboxylic acids is 6. The third-order valence-corrected chi connectivity index (χ3v) is 14.0. The second kappa shape index (κ2) is 40.4. The number of nitro benzene ring substituents is 6. The number of nitrogen functional groups attached to an aromatic ring is 1. The van der Waals surface area contributed by atoms with Gasteiger partial charge in [-0.3, -0.25) is 89.5 Å². The minimum atomic E-state index is -1.40. The Morgan fingerprint density at radius 2 is 0.569 bits per heavy atom. The second-order valence-electron chi connectivity index (χ2n) is 23.4. The highest BCUT2D eigenvalue weighted by Crippen LogP contribution is 2.35.